The Labute approximate surface area is 72.9 Å². The van der Waals surface area contributed by atoms with Crippen molar-refractivity contribution in [3.63, 3.8) is 0 Å². The van der Waals surface area contributed by atoms with Crippen molar-refractivity contribution in [2.75, 3.05) is 0 Å². The molecule has 12 heavy (non-hydrogen) atoms. The highest BCUT2D eigenvalue weighted by atomic mass is 16.5. The van der Waals surface area contributed by atoms with Crippen molar-refractivity contribution < 1.29 is 9.53 Å². The van der Waals surface area contributed by atoms with Crippen LogP contribution in [0.2, 0.25) is 0 Å². The van der Waals surface area contributed by atoms with Gasteiger partial charge >= 0.3 is 5.97 Å². The average molecular weight is 166 g/mol. The molecule has 0 radical (unpaired) electrons. The number of rotatable bonds is 3. The van der Waals surface area contributed by atoms with Crippen LogP contribution in [0.25, 0.3) is 0 Å². The van der Waals surface area contributed by atoms with Gasteiger partial charge in [-0.05, 0) is 6.42 Å². The molecule has 1 atom stereocenters. The van der Waals surface area contributed by atoms with Gasteiger partial charge < -0.3 is 4.74 Å². The van der Waals surface area contributed by atoms with Gasteiger partial charge in [0.15, 0.2) is 0 Å². The van der Waals surface area contributed by atoms with Crippen LogP contribution in [0, 0.1) is 0 Å². The third-order valence-corrected chi connectivity index (χ3v) is 1.74. The highest BCUT2D eigenvalue weighted by molar-refractivity contribution is 5.82. The quantitative estimate of drug-likeness (QED) is 0.474. The summed E-state index contributed by atoms with van der Waals surface area (Å²) in [6.07, 6.45) is 10.3. The zero-order valence-electron chi connectivity index (χ0n) is 7.32. The van der Waals surface area contributed by atoms with Crippen molar-refractivity contribution in [3.8, 4) is 0 Å². The molecule has 1 aliphatic heterocycles. The van der Waals surface area contributed by atoms with Crippen LogP contribution in [-0.2, 0) is 9.53 Å². The topological polar surface area (TPSA) is 26.3 Å². The molecule has 1 heterocycles. The largest absolute Gasteiger partial charge is 0.459 e. The van der Waals surface area contributed by atoms with E-state index in [1.54, 1.807) is 0 Å². The normalized spacial score (nSPS) is 23.1. The Hall–Kier alpha value is -1.05. The third-order valence-electron chi connectivity index (χ3n) is 1.74. The predicted molar refractivity (Wildman–Crippen MR) is 47.7 cm³/mol. The van der Waals surface area contributed by atoms with E-state index in [1.165, 1.54) is 6.08 Å². The zero-order valence-corrected chi connectivity index (χ0v) is 7.32. The number of allylic oxidation sites excluding steroid dienone is 1. The van der Waals surface area contributed by atoms with E-state index in [9.17, 15) is 4.79 Å². The Kier molecular flexibility index (Phi) is 3.58. The highest BCUT2D eigenvalue weighted by Gasteiger charge is 2.13. The second-order valence-electron chi connectivity index (χ2n) is 2.81. The van der Waals surface area contributed by atoms with Crippen LogP contribution < -0.4 is 0 Å². The van der Waals surface area contributed by atoms with Crippen molar-refractivity contribution in [2.24, 2.45) is 0 Å². The van der Waals surface area contributed by atoms with E-state index < -0.39 is 0 Å². The van der Waals surface area contributed by atoms with E-state index >= 15 is 0 Å². The van der Waals surface area contributed by atoms with E-state index in [-0.39, 0.29) is 12.1 Å². The van der Waals surface area contributed by atoms with Gasteiger partial charge in [-0.1, -0.05) is 25.2 Å². The molecular formula is C10H14O2. The summed E-state index contributed by atoms with van der Waals surface area (Å²) in [5.74, 6) is -0.212. The Morgan fingerprint density at radius 2 is 2.50 bits per heavy atom. The lowest BCUT2D eigenvalue weighted by Gasteiger charge is -2.16. The molecule has 0 aliphatic carbocycles. The van der Waals surface area contributed by atoms with Crippen molar-refractivity contribution in [1.82, 2.24) is 0 Å². The smallest absolute Gasteiger partial charge is 0.330 e. The molecule has 1 rings (SSSR count). The third kappa shape index (κ3) is 2.91. The summed E-state index contributed by atoms with van der Waals surface area (Å²) in [5, 5.41) is 0. The van der Waals surface area contributed by atoms with Gasteiger partial charge in [0.2, 0.25) is 0 Å². The first-order valence-corrected chi connectivity index (χ1v) is 4.35. The molecule has 1 unspecified atom stereocenters. The van der Waals surface area contributed by atoms with Crippen molar-refractivity contribution in [2.45, 2.75) is 32.3 Å². The average Bonchev–Trinajstić information content (AvgIpc) is 2.05. The monoisotopic (exact) mass is 166 g/mol. The Morgan fingerprint density at radius 1 is 1.67 bits per heavy atom. The van der Waals surface area contributed by atoms with Crippen LogP contribution in [-0.4, -0.2) is 12.1 Å². The summed E-state index contributed by atoms with van der Waals surface area (Å²) in [4.78, 5) is 10.8. The van der Waals surface area contributed by atoms with E-state index in [1.807, 2.05) is 6.08 Å². The minimum Gasteiger partial charge on any atom is -0.459 e. The predicted octanol–water partition coefficient (Wildman–Crippen LogP) is 2.21. The Balaban J connectivity index is 2.30. The summed E-state index contributed by atoms with van der Waals surface area (Å²) < 4.78 is 5.06. The molecule has 0 saturated heterocycles. The van der Waals surface area contributed by atoms with Gasteiger partial charge in [-0.3, -0.25) is 0 Å². The van der Waals surface area contributed by atoms with Gasteiger partial charge in [0.1, 0.15) is 6.10 Å². The molecule has 0 amide bonds. The number of hydrogen-bond acceptors (Lipinski definition) is 2. The van der Waals surface area contributed by atoms with E-state index in [0.717, 1.165) is 19.3 Å². The zero-order chi connectivity index (χ0) is 8.81. The molecular weight excluding hydrogens is 152 g/mol. The first-order chi connectivity index (χ1) is 5.83. The molecule has 0 aromatic rings. The summed E-state index contributed by atoms with van der Waals surface area (Å²) >= 11 is 0. The maximum atomic E-state index is 10.8. The summed E-state index contributed by atoms with van der Waals surface area (Å²) in [7, 11) is 0. The second-order valence-corrected chi connectivity index (χ2v) is 2.81. The molecule has 0 aromatic carbocycles. The lowest BCUT2D eigenvalue weighted by atomic mass is 10.1. The van der Waals surface area contributed by atoms with Crippen LogP contribution in [0.3, 0.4) is 0 Å². The number of hydrogen-bond donors (Lipinski definition) is 0. The molecule has 0 fully saturated rings. The fourth-order valence-electron chi connectivity index (χ4n) is 1.13. The lowest BCUT2D eigenvalue weighted by molar-refractivity contribution is -0.143. The Morgan fingerprint density at radius 3 is 3.17 bits per heavy atom. The Bertz CT molecular complexity index is 204. The SMILES string of the molecule is CC/C=C\CC1CC=CC(=O)O1. The number of cyclic esters (lactones) is 1. The van der Waals surface area contributed by atoms with E-state index in [4.69, 9.17) is 4.74 Å². The van der Waals surface area contributed by atoms with E-state index in [0.29, 0.717) is 0 Å². The van der Waals surface area contributed by atoms with Gasteiger partial charge in [0, 0.05) is 18.9 Å². The molecule has 0 spiro atoms. The van der Waals surface area contributed by atoms with Gasteiger partial charge in [-0.25, -0.2) is 4.79 Å². The summed E-state index contributed by atoms with van der Waals surface area (Å²) in [6, 6.07) is 0. The number of carbonyl (C=O) groups excluding carboxylic acids is 1. The van der Waals surface area contributed by atoms with Crippen LogP contribution in [0.4, 0.5) is 0 Å². The maximum absolute atomic E-state index is 10.8. The van der Waals surface area contributed by atoms with Crippen LogP contribution >= 0.6 is 0 Å². The van der Waals surface area contributed by atoms with E-state index in [2.05, 4.69) is 19.1 Å². The highest BCUT2D eigenvalue weighted by Crippen LogP contribution is 2.11. The molecule has 0 aromatic heterocycles. The van der Waals surface area contributed by atoms with Crippen molar-refractivity contribution in [3.05, 3.63) is 24.3 Å². The minimum atomic E-state index is -0.212. The van der Waals surface area contributed by atoms with Crippen molar-refractivity contribution >= 4 is 5.97 Å². The fourth-order valence-corrected chi connectivity index (χ4v) is 1.13. The number of ether oxygens (including phenoxy) is 1. The van der Waals surface area contributed by atoms with Crippen LogP contribution in [0.1, 0.15) is 26.2 Å². The molecule has 2 heteroatoms. The van der Waals surface area contributed by atoms with Gasteiger partial charge in [0.25, 0.3) is 0 Å². The summed E-state index contributed by atoms with van der Waals surface area (Å²) in [5.41, 5.74) is 0. The van der Waals surface area contributed by atoms with Gasteiger partial charge in [-0.15, -0.1) is 0 Å². The van der Waals surface area contributed by atoms with Gasteiger partial charge in [0.05, 0.1) is 0 Å². The number of carbonyl (C=O) groups is 1. The first-order valence-electron chi connectivity index (χ1n) is 4.35. The lowest BCUT2D eigenvalue weighted by Crippen LogP contribution is -2.18. The maximum Gasteiger partial charge on any atom is 0.330 e. The molecule has 1 aliphatic rings. The second kappa shape index (κ2) is 4.75. The minimum absolute atomic E-state index is 0.0605. The van der Waals surface area contributed by atoms with Crippen LogP contribution in [0.5, 0.6) is 0 Å². The van der Waals surface area contributed by atoms with Crippen molar-refractivity contribution in [1.29, 1.82) is 0 Å². The fraction of sp³-hybridized carbons (Fsp3) is 0.500. The van der Waals surface area contributed by atoms with Gasteiger partial charge in [-0.2, -0.15) is 0 Å². The molecule has 2 nitrogen and oxygen atoms in total. The summed E-state index contributed by atoms with van der Waals surface area (Å²) in [6.45, 7) is 2.09. The molecule has 66 valence electrons. The number of esters is 1. The molecule has 0 bridgehead atoms. The first kappa shape index (κ1) is 9.04. The molecule has 0 N–H and O–H groups in total. The molecule has 0 saturated carbocycles. The standard InChI is InChI=1S/C10H14O2/c1-2-3-4-6-9-7-5-8-10(11)12-9/h3-5,8-9H,2,6-7H2,1H3/b4-3-. The van der Waals surface area contributed by atoms with Crippen LogP contribution in [0.15, 0.2) is 24.3 Å².